The zero-order chi connectivity index (χ0) is 20.4. The van der Waals surface area contributed by atoms with E-state index >= 15 is 0 Å². The first kappa shape index (κ1) is 18.3. The number of hydrogen-bond donors (Lipinski definition) is 2. The summed E-state index contributed by atoms with van der Waals surface area (Å²) in [5, 5.41) is 26.3. The van der Waals surface area contributed by atoms with Gasteiger partial charge in [0, 0.05) is 24.1 Å². The predicted molar refractivity (Wildman–Crippen MR) is 107 cm³/mol. The second-order valence-electron chi connectivity index (χ2n) is 6.55. The summed E-state index contributed by atoms with van der Waals surface area (Å²) in [6.45, 7) is 3.91. The molecule has 1 aromatic carbocycles. The summed E-state index contributed by atoms with van der Waals surface area (Å²) in [7, 11) is 1.71. The van der Waals surface area contributed by atoms with E-state index in [0.717, 1.165) is 17.1 Å². The van der Waals surface area contributed by atoms with Crippen LogP contribution in [0.2, 0.25) is 0 Å². The highest BCUT2D eigenvalue weighted by Crippen LogP contribution is 2.18. The minimum Gasteiger partial charge on any atom is -0.339 e. The third-order valence-corrected chi connectivity index (χ3v) is 4.13. The van der Waals surface area contributed by atoms with Crippen LogP contribution in [0.5, 0.6) is 0 Å². The number of hydrogen-bond acceptors (Lipinski definition) is 7. The van der Waals surface area contributed by atoms with Crippen molar-refractivity contribution in [3.63, 3.8) is 0 Å². The molecule has 0 fully saturated rings. The first-order valence-corrected chi connectivity index (χ1v) is 8.90. The fraction of sp³-hybridized carbons (Fsp3) is 0.158. The minimum absolute atomic E-state index is 0.257. The predicted octanol–water partition coefficient (Wildman–Crippen LogP) is 2.40. The number of carbonyl (C=O) groups is 1. The molecule has 3 heterocycles. The number of aryl methyl sites for hydroxylation is 3. The van der Waals surface area contributed by atoms with E-state index in [2.05, 4.69) is 36.2 Å². The fourth-order valence-electron chi connectivity index (χ4n) is 2.80. The van der Waals surface area contributed by atoms with Crippen LogP contribution in [0.25, 0.3) is 5.82 Å². The Balaban J connectivity index is 1.41. The van der Waals surface area contributed by atoms with Gasteiger partial charge in [-0.2, -0.15) is 5.10 Å². The smallest absolute Gasteiger partial charge is 0.277 e. The molecule has 0 radical (unpaired) electrons. The Kier molecular flexibility index (Phi) is 4.73. The molecule has 0 unspecified atom stereocenters. The van der Waals surface area contributed by atoms with E-state index in [1.165, 1.54) is 4.68 Å². The van der Waals surface area contributed by atoms with Crippen LogP contribution in [-0.2, 0) is 7.05 Å². The van der Waals surface area contributed by atoms with Crippen molar-refractivity contribution in [1.29, 1.82) is 0 Å². The van der Waals surface area contributed by atoms with Crippen LogP contribution < -0.4 is 10.6 Å². The van der Waals surface area contributed by atoms with Gasteiger partial charge in [0.05, 0.1) is 11.9 Å². The van der Waals surface area contributed by atoms with E-state index in [4.69, 9.17) is 0 Å². The van der Waals surface area contributed by atoms with E-state index < -0.39 is 0 Å². The normalized spacial score (nSPS) is 10.7. The highest BCUT2D eigenvalue weighted by Gasteiger charge is 2.10. The molecule has 29 heavy (non-hydrogen) atoms. The van der Waals surface area contributed by atoms with Gasteiger partial charge in [0.1, 0.15) is 0 Å². The molecule has 0 saturated heterocycles. The van der Waals surface area contributed by atoms with Crippen molar-refractivity contribution in [3.05, 3.63) is 65.7 Å². The Morgan fingerprint density at radius 2 is 1.72 bits per heavy atom. The number of nitrogens with one attached hydrogen (secondary N) is 2. The Bertz CT molecular complexity index is 1140. The van der Waals surface area contributed by atoms with Crippen LogP contribution in [0.3, 0.4) is 0 Å². The number of carbonyl (C=O) groups excluding carboxylic acids is 1. The molecule has 10 heteroatoms. The molecule has 4 aromatic rings. The molecule has 2 N–H and O–H groups in total. The van der Waals surface area contributed by atoms with E-state index in [1.54, 1.807) is 30.1 Å². The highest BCUT2D eigenvalue weighted by molar-refractivity contribution is 6.02. The number of rotatable bonds is 5. The van der Waals surface area contributed by atoms with Gasteiger partial charge in [0.25, 0.3) is 5.91 Å². The van der Waals surface area contributed by atoms with Crippen molar-refractivity contribution >= 4 is 23.1 Å². The van der Waals surface area contributed by atoms with Crippen molar-refractivity contribution in [2.75, 3.05) is 10.6 Å². The molecule has 1 amide bonds. The van der Waals surface area contributed by atoms with Gasteiger partial charge in [-0.1, -0.05) is 5.21 Å². The summed E-state index contributed by atoms with van der Waals surface area (Å²) in [4.78, 5) is 12.1. The van der Waals surface area contributed by atoms with Crippen molar-refractivity contribution in [3.8, 4) is 5.82 Å². The van der Waals surface area contributed by atoms with Crippen molar-refractivity contribution in [2.24, 2.45) is 7.05 Å². The maximum absolute atomic E-state index is 12.1. The molecule has 0 aliphatic carbocycles. The Morgan fingerprint density at radius 3 is 2.31 bits per heavy atom. The van der Waals surface area contributed by atoms with Gasteiger partial charge >= 0.3 is 0 Å². The summed E-state index contributed by atoms with van der Waals surface area (Å²) in [6, 6.07) is 12.9. The SMILES string of the molecule is Cc1cc(C)n(-c2ccc(Nc3ccc(NC(=O)c4cn(C)nn4)cc3)nn2)n1. The first-order chi connectivity index (χ1) is 14.0. The van der Waals surface area contributed by atoms with E-state index in [0.29, 0.717) is 17.3 Å². The summed E-state index contributed by atoms with van der Waals surface area (Å²) in [5.41, 5.74) is 3.65. The van der Waals surface area contributed by atoms with Gasteiger partial charge in [-0.3, -0.25) is 9.48 Å². The molecule has 0 atom stereocenters. The molecule has 0 aliphatic rings. The molecule has 146 valence electrons. The topological polar surface area (TPSA) is 115 Å². The van der Waals surface area contributed by atoms with Crippen LogP contribution in [0.1, 0.15) is 21.9 Å². The average molecular weight is 389 g/mol. The van der Waals surface area contributed by atoms with E-state index in [9.17, 15) is 4.79 Å². The summed E-state index contributed by atoms with van der Waals surface area (Å²) >= 11 is 0. The fourth-order valence-corrected chi connectivity index (χ4v) is 2.80. The number of aromatic nitrogens is 7. The summed E-state index contributed by atoms with van der Waals surface area (Å²) in [6.07, 6.45) is 1.56. The molecule has 0 aliphatic heterocycles. The lowest BCUT2D eigenvalue weighted by atomic mass is 10.2. The maximum atomic E-state index is 12.1. The minimum atomic E-state index is -0.315. The molecule has 0 saturated carbocycles. The molecule has 4 rings (SSSR count). The summed E-state index contributed by atoms with van der Waals surface area (Å²) in [5.74, 6) is 0.944. The van der Waals surface area contributed by atoms with Crippen molar-refractivity contribution in [2.45, 2.75) is 13.8 Å². The standard InChI is InChI=1S/C19H19N9O/c1-12-10-13(2)28(25-12)18-9-8-17(23-24-18)20-14-4-6-15(7-5-14)21-19(29)16-11-27(3)26-22-16/h4-11H,1-3H3,(H,20,23)(H,21,29). The van der Waals surface area contributed by atoms with Crippen molar-refractivity contribution in [1.82, 2.24) is 35.0 Å². The van der Waals surface area contributed by atoms with Crippen LogP contribution in [0.15, 0.2) is 48.7 Å². The first-order valence-electron chi connectivity index (χ1n) is 8.90. The van der Waals surface area contributed by atoms with Gasteiger partial charge in [0.2, 0.25) is 0 Å². The molecule has 0 spiro atoms. The quantitative estimate of drug-likeness (QED) is 0.538. The highest BCUT2D eigenvalue weighted by atomic mass is 16.2. The van der Waals surface area contributed by atoms with Crippen LogP contribution in [0, 0.1) is 13.8 Å². The Labute approximate surface area is 166 Å². The number of anilines is 3. The maximum Gasteiger partial charge on any atom is 0.277 e. The third kappa shape index (κ3) is 4.10. The molecular formula is C19H19N9O. The molecule has 3 aromatic heterocycles. The van der Waals surface area contributed by atoms with Crippen molar-refractivity contribution < 1.29 is 4.79 Å². The number of amides is 1. The van der Waals surface area contributed by atoms with Crippen LogP contribution in [-0.4, -0.2) is 40.9 Å². The van der Waals surface area contributed by atoms with Gasteiger partial charge < -0.3 is 10.6 Å². The largest absolute Gasteiger partial charge is 0.339 e. The van der Waals surface area contributed by atoms with Gasteiger partial charge in [-0.25, -0.2) is 4.68 Å². The van der Waals surface area contributed by atoms with Gasteiger partial charge in [-0.15, -0.1) is 15.3 Å². The monoisotopic (exact) mass is 389 g/mol. The molecule has 0 bridgehead atoms. The second kappa shape index (κ2) is 7.50. The Morgan fingerprint density at radius 1 is 0.966 bits per heavy atom. The number of nitrogens with zero attached hydrogens (tertiary/aromatic N) is 7. The average Bonchev–Trinajstić information content (AvgIpc) is 3.29. The lowest BCUT2D eigenvalue weighted by molar-refractivity contribution is 0.102. The molecule has 10 nitrogen and oxygen atoms in total. The number of benzene rings is 1. The second-order valence-corrected chi connectivity index (χ2v) is 6.55. The Hall–Kier alpha value is -4.08. The van der Waals surface area contributed by atoms with Gasteiger partial charge in [0.15, 0.2) is 17.3 Å². The van der Waals surface area contributed by atoms with Crippen LogP contribution >= 0.6 is 0 Å². The molecular weight excluding hydrogens is 370 g/mol. The van der Waals surface area contributed by atoms with E-state index in [1.807, 2.05) is 44.2 Å². The zero-order valence-corrected chi connectivity index (χ0v) is 16.2. The lowest BCUT2D eigenvalue weighted by Gasteiger charge is -2.08. The lowest BCUT2D eigenvalue weighted by Crippen LogP contribution is -2.12. The zero-order valence-electron chi connectivity index (χ0n) is 16.2. The van der Waals surface area contributed by atoms with Crippen LogP contribution in [0.4, 0.5) is 17.2 Å². The van der Waals surface area contributed by atoms with Gasteiger partial charge in [-0.05, 0) is 56.3 Å². The summed E-state index contributed by atoms with van der Waals surface area (Å²) < 4.78 is 3.23. The van der Waals surface area contributed by atoms with E-state index in [-0.39, 0.29) is 11.6 Å². The third-order valence-electron chi connectivity index (χ3n) is 4.13.